The quantitative estimate of drug-likeness (QED) is 0.274. The van der Waals surface area contributed by atoms with E-state index >= 15 is 0 Å². The Morgan fingerprint density at radius 1 is 1.07 bits per heavy atom. The molecule has 0 saturated carbocycles. The maximum atomic E-state index is 12.4. The summed E-state index contributed by atoms with van der Waals surface area (Å²) in [6.07, 6.45) is 2.99. The third-order valence-electron chi connectivity index (χ3n) is 3.69. The smallest absolute Gasteiger partial charge is 0.267 e. The second-order valence-corrected chi connectivity index (χ2v) is 6.61. The molecule has 1 heterocycles. The molecule has 7 N–H and O–H groups in total. The normalized spacial score (nSPS) is 11.2. The summed E-state index contributed by atoms with van der Waals surface area (Å²) in [6.45, 7) is 3.12. The van der Waals surface area contributed by atoms with Crippen molar-refractivity contribution in [2.45, 2.75) is 25.4 Å². The molecule has 0 saturated heterocycles. The number of benzene rings is 1. The summed E-state index contributed by atoms with van der Waals surface area (Å²) >= 11 is 0. The first-order chi connectivity index (χ1) is 13.7. The highest BCUT2D eigenvalue weighted by Gasteiger charge is 2.33. The summed E-state index contributed by atoms with van der Waals surface area (Å²) in [6, 6.07) is 5.28. The van der Waals surface area contributed by atoms with Gasteiger partial charge in [-0.2, -0.15) is 0 Å². The zero-order valence-corrected chi connectivity index (χ0v) is 15.9. The van der Waals surface area contributed by atoms with E-state index in [-0.39, 0.29) is 5.95 Å². The number of hydrogen-bond donors (Lipinski definition) is 5. The molecule has 2 rings (SSSR count). The Bertz CT molecular complexity index is 1000. The lowest BCUT2D eigenvalue weighted by molar-refractivity contribution is -0.132. The van der Waals surface area contributed by atoms with Gasteiger partial charge < -0.3 is 16.8 Å². The van der Waals surface area contributed by atoms with Crippen molar-refractivity contribution in [1.82, 2.24) is 20.8 Å². The molecular formula is C20H20N6O3. The second-order valence-electron chi connectivity index (χ2n) is 6.61. The molecule has 0 aliphatic rings. The summed E-state index contributed by atoms with van der Waals surface area (Å²) in [5.74, 6) is 9.85. The SMILES string of the molecule is CC(C)(N)C(NC(=O)c1ccc(C#CC#Cc2cnc(N)nc2)cc1)C(=O)NO. The summed E-state index contributed by atoms with van der Waals surface area (Å²) in [5.41, 5.74) is 13.2. The van der Waals surface area contributed by atoms with Gasteiger partial charge in [-0.25, -0.2) is 15.4 Å². The van der Waals surface area contributed by atoms with E-state index in [0.717, 1.165) is 0 Å². The Hall–Kier alpha value is -3.92. The lowest BCUT2D eigenvalue weighted by atomic mass is 9.95. The molecule has 1 aromatic heterocycles. The van der Waals surface area contributed by atoms with Gasteiger partial charge in [-0.15, -0.1) is 0 Å². The van der Waals surface area contributed by atoms with Crippen molar-refractivity contribution in [2.75, 3.05) is 5.73 Å². The van der Waals surface area contributed by atoms with Gasteiger partial charge in [0.15, 0.2) is 0 Å². The molecule has 1 aromatic carbocycles. The fraction of sp³-hybridized carbons (Fsp3) is 0.200. The Morgan fingerprint density at radius 3 is 2.14 bits per heavy atom. The number of nitrogens with two attached hydrogens (primary N) is 2. The van der Waals surface area contributed by atoms with Crippen LogP contribution in [0.4, 0.5) is 5.95 Å². The maximum Gasteiger partial charge on any atom is 0.267 e. The second kappa shape index (κ2) is 9.33. The van der Waals surface area contributed by atoms with E-state index in [4.69, 9.17) is 16.7 Å². The number of hydrogen-bond acceptors (Lipinski definition) is 7. The van der Waals surface area contributed by atoms with E-state index in [2.05, 4.69) is 39.0 Å². The van der Waals surface area contributed by atoms with E-state index in [0.29, 0.717) is 16.7 Å². The Labute approximate surface area is 167 Å². The molecule has 1 atom stereocenters. The first-order valence-electron chi connectivity index (χ1n) is 8.44. The van der Waals surface area contributed by atoms with Gasteiger partial charge in [-0.3, -0.25) is 14.8 Å². The fourth-order valence-electron chi connectivity index (χ4n) is 2.18. The molecule has 29 heavy (non-hydrogen) atoms. The van der Waals surface area contributed by atoms with Crippen LogP contribution in [-0.4, -0.2) is 38.6 Å². The lowest BCUT2D eigenvalue weighted by Crippen LogP contribution is -2.61. The van der Waals surface area contributed by atoms with Crippen molar-refractivity contribution in [2.24, 2.45) is 5.73 Å². The average Bonchev–Trinajstić information content (AvgIpc) is 2.69. The zero-order chi connectivity index (χ0) is 21.4. The highest BCUT2D eigenvalue weighted by molar-refractivity contribution is 5.97. The van der Waals surface area contributed by atoms with Crippen LogP contribution in [0, 0.1) is 23.7 Å². The standard InChI is InChI=1S/C20H20N6O3/c1-20(2,22)16(18(28)26-29)25-17(27)15-9-7-13(8-10-15)5-3-4-6-14-11-23-19(21)24-12-14/h7-12,16,29H,22H2,1-2H3,(H,25,27)(H,26,28)(H2,21,23,24). The Morgan fingerprint density at radius 2 is 1.62 bits per heavy atom. The summed E-state index contributed by atoms with van der Waals surface area (Å²) < 4.78 is 0. The van der Waals surface area contributed by atoms with Crippen molar-refractivity contribution in [3.8, 4) is 23.7 Å². The Balaban J connectivity index is 2.06. The third-order valence-corrected chi connectivity index (χ3v) is 3.69. The van der Waals surface area contributed by atoms with Gasteiger partial charge in [0, 0.05) is 29.1 Å². The number of amides is 2. The van der Waals surface area contributed by atoms with E-state index < -0.39 is 23.4 Å². The summed E-state index contributed by atoms with van der Waals surface area (Å²) in [4.78, 5) is 31.8. The topological polar surface area (TPSA) is 156 Å². The number of carbonyl (C=O) groups is 2. The van der Waals surface area contributed by atoms with Crippen molar-refractivity contribution in [1.29, 1.82) is 0 Å². The molecule has 9 nitrogen and oxygen atoms in total. The van der Waals surface area contributed by atoms with Gasteiger partial charge in [0.1, 0.15) is 6.04 Å². The van der Waals surface area contributed by atoms with Crippen LogP contribution in [0.1, 0.15) is 35.3 Å². The van der Waals surface area contributed by atoms with Crippen molar-refractivity contribution in [3.63, 3.8) is 0 Å². The molecule has 2 amide bonds. The average molecular weight is 392 g/mol. The molecule has 0 radical (unpaired) electrons. The van der Waals surface area contributed by atoms with Crippen LogP contribution in [-0.2, 0) is 4.79 Å². The minimum Gasteiger partial charge on any atom is -0.368 e. The maximum absolute atomic E-state index is 12.4. The number of carbonyl (C=O) groups excluding carboxylic acids is 2. The molecule has 0 aliphatic heterocycles. The van der Waals surface area contributed by atoms with Crippen LogP contribution in [0.5, 0.6) is 0 Å². The number of nitrogens with one attached hydrogen (secondary N) is 2. The minimum atomic E-state index is -1.12. The minimum absolute atomic E-state index is 0.170. The molecule has 148 valence electrons. The lowest BCUT2D eigenvalue weighted by Gasteiger charge is -2.29. The number of nitrogens with zero attached hydrogens (tertiary/aromatic N) is 2. The number of nitrogen functional groups attached to an aromatic ring is 1. The first kappa shape index (κ1) is 21.4. The van der Waals surface area contributed by atoms with Crippen LogP contribution in [0.2, 0.25) is 0 Å². The summed E-state index contributed by atoms with van der Waals surface area (Å²) in [7, 11) is 0. The predicted molar refractivity (Wildman–Crippen MR) is 106 cm³/mol. The zero-order valence-electron chi connectivity index (χ0n) is 15.9. The highest BCUT2D eigenvalue weighted by Crippen LogP contribution is 2.09. The highest BCUT2D eigenvalue weighted by atomic mass is 16.5. The monoisotopic (exact) mass is 392 g/mol. The van der Waals surface area contributed by atoms with Crippen LogP contribution in [0.15, 0.2) is 36.7 Å². The molecular weight excluding hydrogens is 372 g/mol. The van der Waals surface area contributed by atoms with Crippen molar-refractivity contribution < 1.29 is 14.8 Å². The van der Waals surface area contributed by atoms with Gasteiger partial charge in [-0.1, -0.05) is 5.92 Å². The van der Waals surface area contributed by atoms with Crippen LogP contribution < -0.4 is 22.3 Å². The van der Waals surface area contributed by atoms with Gasteiger partial charge in [0.2, 0.25) is 5.95 Å². The largest absolute Gasteiger partial charge is 0.368 e. The number of rotatable bonds is 4. The van der Waals surface area contributed by atoms with Crippen molar-refractivity contribution in [3.05, 3.63) is 53.3 Å². The fourth-order valence-corrected chi connectivity index (χ4v) is 2.18. The Kier molecular flexibility index (Phi) is 6.88. The molecule has 9 heteroatoms. The first-order valence-corrected chi connectivity index (χ1v) is 8.44. The van der Waals surface area contributed by atoms with Crippen LogP contribution in [0.25, 0.3) is 0 Å². The molecule has 0 fully saturated rings. The van der Waals surface area contributed by atoms with Gasteiger partial charge in [0.25, 0.3) is 11.8 Å². The van der Waals surface area contributed by atoms with E-state index in [9.17, 15) is 9.59 Å². The number of hydroxylamine groups is 1. The number of aromatic nitrogens is 2. The van der Waals surface area contributed by atoms with E-state index in [1.165, 1.54) is 17.9 Å². The van der Waals surface area contributed by atoms with Gasteiger partial charge in [0.05, 0.1) is 5.56 Å². The van der Waals surface area contributed by atoms with E-state index in [1.807, 2.05) is 0 Å². The molecule has 0 aliphatic carbocycles. The molecule has 1 unspecified atom stereocenters. The van der Waals surface area contributed by atoms with Gasteiger partial charge >= 0.3 is 0 Å². The third kappa shape index (κ3) is 6.33. The van der Waals surface area contributed by atoms with Crippen LogP contribution >= 0.6 is 0 Å². The van der Waals surface area contributed by atoms with E-state index in [1.54, 1.807) is 38.1 Å². The van der Waals surface area contributed by atoms with Crippen LogP contribution in [0.3, 0.4) is 0 Å². The molecule has 0 spiro atoms. The molecule has 0 bridgehead atoms. The van der Waals surface area contributed by atoms with Crippen molar-refractivity contribution >= 4 is 17.8 Å². The predicted octanol–water partition coefficient (Wildman–Crippen LogP) is -0.197. The van der Waals surface area contributed by atoms with Gasteiger partial charge in [-0.05, 0) is 55.9 Å². The molecule has 2 aromatic rings. The number of anilines is 1. The summed E-state index contributed by atoms with van der Waals surface area (Å²) in [5, 5.41) is 11.3.